The van der Waals surface area contributed by atoms with Gasteiger partial charge in [0.2, 0.25) is 0 Å². The van der Waals surface area contributed by atoms with E-state index in [1.165, 1.54) is 32.4 Å². The zero-order valence-corrected chi connectivity index (χ0v) is 15.6. The van der Waals surface area contributed by atoms with Crippen molar-refractivity contribution in [1.82, 2.24) is 9.88 Å². The Morgan fingerprint density at radius 2 is 1.88 bits per heavy atom. The number of aromatic nitrogens is 1. The van der Waals surface area contributed by atoms with Gasteiger partial charge in [0.15, 0.2) is 5.82 Å². The molecule has 0 saturated carbocycles. The van der Waals surface area contributed by atoms with E-state index in [2.05, 4.69) is 9.88 Å². The summed E-state index contributed by atoms with van der Waals surface area (Å²) in [6.45, 7) is 3.77. The van der Waals surface area contributed by atoms with Crippen molar-refractivity contribution in [3.63, 3.8) is 0 Å². The lowest BCUT2D eigenvalue weighted by Crippen LogP contribution is -2.33. The van der Waals surface area contributed by atoms with Gasteiger partial charge in [0.25, 0.3) is 0 Å². The smallest absolute Gasteiger partial charge is 0.420 e. The Morgan fingerprint density at radius 3 is 2.77 bits per heavy atom. The van der Waals surface area contributed by atoms with Crippen molar-refractivity contribution in [2.75, 3.05) is 31.1 Å². The third kappa shape index (κ3) is 3.71. The summed E-state index contributed by atoms with van der Waals surface area (Å²) in [5.74, 6) is 0.650. The lowest BCUT2D eigenvalue weighted by atomic mass is 10.1. The predicted octanol–water partition coefficient (Wildman–Crippen LogP) is 4.70. The molecule has 0 aliphatic carbocycles. The van der Waals surface area contributed by atoms with E-state index in [1.807, 2.05) is 36.4 Å². The van der Waals surface area contributed by atoms with Crippen LogP contribution in [0.2, 0.25) is 0 Å². The Balaban J connectivity index is 1.42. The van der Waals surface area contributed by atoms with E-state index in [0.717, 1.165) is 28.4 Å². The normalized spacial score (nSPS) is 16.7. The Morgan fingerprint density at radius 1 is 1.08 bits per heavy atom. The highest BCUT2D eigenvalue weighted by Crippen LogP contribution is 2.46. The lowest BCUT2D eigenvalue weighted by molar-refractivity contribution is 0.143. The molecule has 136 valence electrons. The molecule has 1 amide bonds. The molecular formula is C20H23N3O2S. The van der Waals surface area contributed by atoms with E-state index < -0.39 is 0 Å². The standard InChI is InChI=1S/C20H23N3O2S/c24-20(25-15-7-14-22-12-4-1-5-13-22)23-16-8-2-3-9-17(16)26-18-10-6-11-21-19(18)23/h2-3,6,8-11H,1,4-5,7,12-15H2. The van der Waals surface area contributed by atoms with Crippen LogP contribution in [-0.2, 0) is 4.74 Å². The zero-order chi connectivity index (χ0) is 17.8. The van der Waals surface area contributed by atoms with E-state index in [0.29, 0.717) is 12.4 Å². The molecule has 2 aliphatic rings. The maximum atomic E-state index is 12.8. The number of hydrogen-bond donors (Lipinski definition) is 0. The van der Waals surface area contributed by atoms with Gasteiger partial charge >= 0.3 is 6.09 Å². The van der Waals surface area contributed by atoms with Gasteiger partial charge in [-0.3, -0.25) is 0 Å². The van der Waals surface area contributed by atoms with Crippen molar-refractivity contribution < 1.29 is 9.53 Å². The number of benzene rings is 1. The van der Waals surface area contributed by atoms with Crippen LogP contribution in [0, 0.1) is 0 Å². The molecule has 1 aromatic heterocycles. The molecule has 3 heterocycles. The van der Waals surface area contributed by atoms with Gasteiger partial charge in [0.05, 0.1) is 17.2 Å². The van der Waals surface area contributed by atoms with Gasteiger partial charge < -0.3 is 9.64 Å². The van der Waals surface area contributed by atoms with E-state index >= 15 is 0 Å². The zero-order valence-electron chi connectivity index (χ0n) is 14.8. The third-order valence-corrected chi connectivity index (χ3v) is 5.87. The van der Waals surface area contributed by atoms with Crippen molar-refractivity contribution >= 4 is 29.4 Å². The fraction of sp³-hybridized carbons (Fsp3) is 0.400. The largest absolute Gasteiger partial charge is 0.449 e. The maximum absolute atomic E-state index is 12.8. The Kier molecular flexibility index (Phi) is 5.41. The molecule has 1 aromatic carbocycles. The highest BCUT2D eigenvalue weighted by Gasteiger charge is 2.30. The molecule has 6 heteroatoms. The van der Waals surface area contributed by atoms with Crippen LogP contribution >= 0.6 is 11.8 Å². The molecular weight excluding hydrogens is 346 g/mol. The van der Waals surface area contributed by atoms with Gasteiger partial charge in [-0.25, -0.2) is 14.7 Å². The van der Waals surface area contributed by atoms with Crippen LogP contribution in [0.25, 0.3) is 0 Å². The molecule has 4 rings (SSSR count). The minimum atomic E-state index is -0.351. The number of nitrogens with zero attached hydrogens (tertiary/aromatic N) is 3. The molecule has 5 nitrogen and oxygen atoms in total. The van der Waals surface area contributed by atoms with Gasteiger partial charge in [0, 0.05) is 17.6 Å². The SMILES string of the molecule is O=C(OCCCN1CCCCC1)N1c2ccccc2Sc2cccnc21. The summed E-state index contributed by atoms with van der Waals surface area (Å²) in [5, 5.41) is 0. The van der Waals surface area contributed by atoms with E-state index in [4.69, 9.17) is 4.74 Å². The number of carbonyl (C=O) groups is 1. The summed E-state index contributed by atoms with van der Waals surface area (Å²) in [5.41, 5.74) is 0.838. The molecule has 0 radical (unpaired) electrons. The van der Waals surface area contributed by atoms with Crippen LogP contribution in [0.15, 0.2) is 52.4 Å². The number of pyridine rings is 1. The maximum Gasteiger partial charge on any atom is 0.420 e. The van der Waals surface area contributed by atoms with Crippen molar-refractivity contribution in [1.29, 1.82) is 0 Å². The quantitative estimate of drug-likeness (QED) is 0.731. The number of ether oxygens (including phenoxy) is 1. The van der Waals surface area contributed by atoms with Crippen LogP contribution < -0.4 is 4.90 Å². The number of fused-ring (bicyclic) bond motifs is 2. The molecule has 0 bridgehead atoms. The van der Waals surface area contributed by atoms with Gasteiger partial charge in [-0.2, -0.15) is 0 Å². The molecule has 0 spiro atoms. The molecule has 26 heavy (non-hydrogen) atoms. The fourth-order valence-corrected chi connectivity index (χ4v) is 4.50. The molecule has 1 fully saturated rings. The Labute approximate surface area is 158 Å². The first kappa shape index (κ1) is 17.4. The summed E-state index contributed by atoms with van der Waals surface area (Å²) >= 11 is 1.63. The minimum absolute atomic E-state index is 0.351. The molecule has 0 N–H and O–H groups in total. The van der Waals surface area contributed by atoms with E-state index in [1.54, 1.807) is 22.9 Å². The van der Waals surface area contributed by atoms with Crippen LogP contribution in [0.4, 0.5) is 16.3 Å². The monoisotopic (exact) mass is 369 g/mol. The number of likely N-dealkylation sites (tertiary alicyclic amines) is 1. The predicted molar refractivity (Wildman–Crippen MR) is 103 cm³/mol. The second kappa shape index (κ2) is 8.10. The Hall–Kier alpha value is -2.05. The topological polar surface area (TPSA) is 45.7 Å². The average Bonchev–Trinajstić information content (AvgIpc) is 2.70. The van der Waals surface area contributed by atoms with Crippen molar-refractivity contribution in [2.24, 2.45) is 0 Å². The van der Waals surface area contributed by atoms with Crippen molar-refractivity contribution in [3.8, 4) is 0 Å². The summed E-state index contributed by atoms with van der Waals surface area (Å²) in [7, 11) is 0. The van der Waals surface area contributed by atoms with Crippen LogP contribution in [0.5, 0.6) is 0 Å². The second-order valence-corrected chi connectivity index (χ2v) is 7.68. The highest BCUT2D eigenvalue weighted by atomic mass is 32.2. The summed E-state index contributed by atoms with van der Waals surface area (Å²) in [6.07, 6.45) is 6.13. The number of piperidine rings is 1. The molecule has 2 aromatic rings. The minimum Gasteiger partial charge on any atom is -0.449 e. The summed E-state index contributed by atoms with van der Waals surface area (Å²) in [4.78, 5) is 23.3. The number of para-hydroxylation sites is 1. The number of anilines is 2. The third-order valence-electron chi connectivity index (χ3n) is 4.76. The second-order valence-electron chi connectivity index (χ2n) is 6.60. The first-order valence-electron chi connectivity index (χ1n) is 9.24. The molecule has 0 unspecified atom stereocenters. The van der Waals surface area contributed by atoms with E-state index in [-0.39, 0.29) is 6.09 Å². The number of rotatable bonds is 4. The van der Waals surface area contributed by atoms with Gasteiger partial charge in [-0.1, -0.05) is 30.3 Å². The van der Waals surface area contributed by atoms with Gasteiger partial charge in [0.1, 0.15) is 0 Å². The number of amides is 1. The molecule has 2 aliphatic heterocycles. The first-order valence-corrected chi connectivity index (χ1v) is 10.1. The fourth-order valence-electron chi connectivity index (χ4n) is 3.47. The summed E-state index contributed by atoms with van der Waals surface area (Å²) < 4.78 is 5.60. The number of hydrogen-bond acceptors (Lipinski definition) is 5. The van der Waals surface area contributed by atoms with Crippen LogP contribution in [-0.4, -0.2) is 42.2 Å². The Bertz CT molecular complexity index is 732. The van der Waals surface area contributed by atoms with E-state index in [9.17, 15) is 4.79 Å². The average molecular weight is 369 g/mol. The number of carbonyl (C=O) groups excluding carboxylic acids is 1. The van der Waals surface area contributed by atoms with Crippen LogP contribution in [0.3, 0.4) is 0 Å². The van der Waals surface area contributed by atoms with Gasteiger partial charge in [-0.05, 0) is 56.6 Å². The van der Waals surface area contributed by atoms with Crippen molar-refractivity contribution in [2.45, 2.75) is 35.5 Å². The highest BCUT2D eigenvalue weighted by molar-refractivity contribution is 7.99. The summed E-state index contributed by atoms with van der Waals surface area (Å²) in [6, 6.07) is 11.8. The van der Waals surface area contributed by atoms with Crippen LogP contribution in [0.1, 0.15) is 25.7 Å². The molecule has 1 saturated heterocycles. The molecule has 0 atom stereocenters. The van der Waals surface area contributed by atoms with Gasteiger partial charge in [-0.15, -0.1) is 0 Å². The lowest BCUT2D eigenvalue weighted by Gasteiger charge is -2.29. The first-order chi connectivity index (χ1) is 12.8. The van der Waals surface area contributed by atoms with Crippen molar-refractivity contribution in [3.05, 3.63) is 42.6 Å².